The lowest BCUT2D eigenvalue weighted by Gasteiger charge is -2.42. The Labute approximate surface area is 126 Å². The molecule has 0 radical (unpaired) electrons. The fourth-order valence-electron chi connectivity index (χ4n) is 3.71. The van der Waals surface area contributed by atoms with E-state index in [1.54, 1.807) is 12.2 Å². The number of Topliss-reactive ketones (excluding diaryl/α,β-unsaturated/α-hetero) is 1. The Bertz CT molecular complexity index is 591. The van der Waals surface area contributed by atoms with Crippen LogP contribution in [-0.4, -0.2) is 51.4 Å². The Hall–Kier alpha value is -1.54. The van der Waals surface area contributed by atoms with Crippen LogP contribution in [0, 0.1) is 17.8 Å². The van der Waals surface area contributed by atoms with E-state index in [0.717, 1.165) is 0 Å². The Morgan fingerprint density at radius 2 is 2.09 bits per heavy atom. The van der Waals surface area contributed by atoms with Gasteiger partial charge in [-0.2, -0.15) is 0 Å². The molecule has 2 unspecified atom stereocenters. The number of rotatable bonds is 2. The van der Waals surface area contributed by atoms with Gasteiger partial charge in [-0.3, -0.25) is 9.59 Å². The summed E-state index contributed by atoms with van der Waals surface area (Å²) in [6.07, 6.45) is 3.48. The third-order valence-electron chi connectivity index (χ3n) is 4.67. The molecular weight excluding hydrogens is 292 g/mol. The number of fused-ring (bicyclic) bond motifs is 2. The molecule has 1 fully saturated rings. The monoisotopic (exact) mass is 310 g/mol. The van der Waals surface area contributed by atoms with Gasteiger partial charge in [0.05, 0.1) is 24.0 Å². The summed E-state index contributed by atoms with van der Waals surface area (Å²) in [5, 5.41) is 29.8. The summed E-state index contributed by atoms with van der Waals surface area (Å²) in [5.41, 5.74) is -1.16. The number of aliphatic hydroxyl groups is 2. The lowest BCUT2D eigenvalue weighted by molar-refractivity contribution is -0.256. The Morgan fingerprint density at radius 3 is 2.64 bits per heavy atom. The van der Waals surface area contributed by atoms with Gasteiger partial charge in [0.2, 0.25) is 0 Å². The van der Waals surface area contributed by atoms with Gasteiger partial charge >= 0.3 is 5.97 Å². The number of carboxylic acids is 1. The minimum atomic E-state index is -1.79. The molecule has 120 valence electrons. The molecule has 2 heterocycles. The predicted molar refractivity (Wildman–Crippen MR) is 72.4 cm³/mol. The van der Waals surface area contributed by atoms with Crippen LogP contribution in [0.2, 0.25) is 0 Å². The van der Waals surface area contributed by atoms with Crippen molar-refractivity contribution in [3.05, 3.63) is 23.8 Å². The minimum Gasteiger partial charge on any atom is -0.481 e. The highest BCUT2D eigenvalue weighted by atomic mass is 16.7. The van der Waals surface area contributed by atoms with Gasteiger partial charge in [-0.05, 0) is 19.9 Å². The van der Waals surface area contributed by atoms with Crippen molar-refractivity contribution in [1.29, 1.82) is 0 Å². The van der Waals surface area contributed by atoms with E-state index < -0.39 is 41.4 Å². The number of carbonyl (C=O) groups is 2. The number of aliphatic carboxylic acids is 1. The fraction of sp³-hybridized carbons (Fsp3) is 0.600. The van der Waals surface area contributed by atoms with Crippen LogP contribution in [0.3, 0.4) is 0 Å². The van der Waals surface area contributed by atoms with E-state index >= 15 is 0 Å². The minimum absolute atomic E-state index is 0.0856. The van der Waals surface area contributed by atoms with Crippen molar-refractivity contribution in [3.63, 3.8) is 0 Å². The van der Waals surface area contributed by atoms with Gasteiger partial charge in [-0.1, -0.05) is 12.2 Å². The third kappa shape index (κ3) is 2.04. The van der Waals surface area contributed by atoms with Crippen LogP contribution < -0.4 is 0 Å². The second-order valence-electron chi connectivity index (χ2n) is 6.18. The summed E-state index contributed by atoms with van der Waals surface area (Å²) in [7, 11) is 0. The van der Waals surface area contributed by atoms with Crippen LogP contribution in [0.5, 0.6) is 0 Å². The van der Waals surface area contributed by atoms with Gasteiger partial charge in [0.1, 0.15) is 5.60 Å². The maximum Gasteiger partial charge on any atom is 0.309 e. The summed E-state index contributed by atoms with van der Waals surface area (Å²) >= 11 is 0. The van der Waals surface area contributed by atoms with Gasteiger partial charge in [0, 0.05) is 5.92 Å². The normalized spacial score (nSPS) is 46.6. The van der Waals surface area contributed by atoms with Crippen molar-refractivity contribution in [3.8, 4) is 0 Å². The van der Waals surface area contributed by atoms with Gasteiger partial charge in [0.15, 0.2) is 17.9 Å². The second-order valence-corrected chi connectivity index (χ2v) is 6.18. The zero-order valence-electron chi connectivity index (χ0n) is 12.2. The highest BCUT2D eigenvalue weighted by Crippen LogP contribution is 2.52. The summed E-state index contributed by atoms with van der Waals surface area (Å²) in [4.78, 5) is 23.0. The van der Waals surface area contributed by atoms with E-state index in [-0.39, 0.29) is 18.0 Å². The highest BCUT2D eigenvalue weighted by Gasteiger charge is 2.60. The van der Waals surface area contributed by atoms with E-state index in [2.05, 4.69) is 0 Å². The Kier molecular flexibility index (Phi) is 3.30. The smallest absolute Gasteiger partial charge is 0.309 e. The predicted octanol–water partition coefficient (Wildman–Crippen LogP) is -0.169. The molecule has 3 aliphatic rings. The SMILES string of the molecule is CC(=O)C1=CC2(C=C[C@H]3[C@@H]2[C@@H](O)OC[C@H]3C(=O)O)OC1(C)O. The first-order valence-electron chi connectivity index (χ1n) is 7.06. The van der Waals surface area contributed by atoms with E-state index in [9.17, 15) is 24.9 Å². The molecule has 0 bridgehead atoms. The molecule has 0 aromatic carbocycles. The number of aliphatic hydroxyl groups excluding tert-OH is 1. The van der Waals surface area contributed by atoms with Crippen LogP contribution >= 0.6 is 0 Å². The topological polar surface area (TPSA) is 113 Å². The van der Waals surface area contributed by atoms with E-state index in [1.165, 1.54) is 19.9 Å². The first-order valence-corrected chi connectivity index (χ1v) is 7.06. The molecule has 0 aromatic heterocycles. The van der Waals surface area contributed by atoms with Gasteiger partial charge in [-0.15, -0.1) is 0 Å². The molecule has 0 saturated carbocycles. The Balaban J connectivity index is 2.02. The van der Waals surface area contributed by atoms with Crippen LogP contribution in [0.1, 0.15) is 13.8 Å². The molecule has 22 heavy (non-hydrogen) atoms. The van der Waals surface area contributed by atoms with Crippen LogP contribution in [-0.2, 0) is 19.1 Å². The second kappa shape index (κ2) is 4.73. The van der Waals surface area contributed by atoms with E-state index in [0.29, 0.717) is 0 Å². The number of carboxylic acid groups (broad SMARTS) is 1. The molecule has 3 rings (SSSR count). The van der Waals surface area contributed by atoms with Crippen molar-refractivity contribution in [2.45, 2.75) is 31.5 Å². The number of hydrogen-bond donors (Lipinski definition) is 3. The number of ketones is 1. The lowest BCUT2D eigenvalue weighted by atomic mass is 9.75. The Morgan fingerprint density at radius 1 is 1.41 bits per heavy atom. The molecule has 0 aromatic rings. The van der Waals surface area contributed by atoms with Crippen molar-refractivity contribution < 1.29 is 34.4 Å². The fourth-order valence-corrected chi connectivity index (χ4v) is 3.71. The quantitative estimate of drug-likeness (QED) is 0.607. The maximum atomic E-state index is 11.7. The molecule has 7 nitrogen and oxygen atoms in total. The van der Waals surface area contributed by atoms with Gasteiger partial charge in [0.25, 0.3) is 0 Å². The standard InChI is InChI=1S/C15H18O7/c1-7(16)10-5-15(22-14(10,2)20)4-3-8-9(12(17)18)6-21-13(19)11(8)15/h3-5,8-9,11,13,19-20H,6H2,1-2H3,(H,17,18)/t8-,9-,11-,13+,14?,15?/m1/s1. The molecular formula is C15H18O7. The molecule has 1 aliphatic carbocycles. The highest BCUT2D eigenvalue weighted by molar-refractivity contribution is 5.95. The molecule has 2 aliphatic heterocycles. The molecule has 6 atom stereocenters. The molecule has 1 spiro atoms. The first kappa shape index (κ1) is 15.4. The largest absolute Gasteiger partial charge is 0.481 e. The molecule has 7 heteroatoms. The van der Waals surface area contributed by atoms with Gasteiger partial charge in [-0.25, -0.2) is 0 Å². The zero-order chi connectivity index (χ0) is 16.3. The number of hydrogen-bond acceptors (Lipinski definition) is 6. The average Bonchev–Trinajstić information content (AvgIpc) is 2.88. The summed E-state index contributed by atoms with van der Waals surface area (Å²) < 4.78 is 10.8. The van der Waals surface area contributed by atoms with Crippen LogP contribution in [0.15, 0.2) is 23.8 Å². The molecule has 1 saturated heterocycles. The summed E-state index contributed by atoms with van der Waals surface area (Å²) in [6, 6.07) is 0. The number of carbonyl (C=O) groups excluding carboxylic acids is 1. The molecule has 0 amide bonds. The van der Waals surface area contributed by atoms with E-state index in [4.69, 9.17) is 9.47 Å². The maximum absolute atomic E-state index is 11.7. The van der Waals surface area contributed by atoms with Crippen molar-refractivity contribution in [2.24, 2.45) is 17.8 Å². The van der Waals surface area contributed by atoms with Crippen LogP contribution in [0.4, 0.5) is 0 Å². The van der Waals surface area contributed by atoms with Crippen LogP contribution in [0.25, 0.3) is 0 Å². The van der Waals surface area contributed by atoms with Crippen molar-refractivity contribution >= 4 is 11.8 Å². The lowest BCUT2D eigenvalue weighted by Crippen LogP contribution is -2.52. The molecule has 3 N–H and O–H groups in total. The summed E-state index contributed by atoms with van der Waals surface area (Å²) in [5.74, 6) is -5.21. The van der Waals surface area contributed by atoms with Gasteiger partial charge < -0.3 is 24.8 Å². The van der Waals surface area contributed by atoms with Crippen molar-refractivity contribution in [1.82, 2.24) is 0 Å². The summed E-state index contributed by atoms with van der Waals surface area (Å²) in [6.45, 7) is 2.56. The number of ether oxygens (including phenoxy) is 2. The first-order chi connectivity index (χ1) is 10.2. The average molecular weight is 310 g/mol. The third-order valence-corrected chi connectivity index (χ3v) is 4.67. The van der Waals surface area contributed by atoms with E-state index in [1.807, 2.05) is 0 Å². The van der Waals surface area contributed by atoms with Crippen molar-refractivity contribution in [2.75, 3.05) is 6.61 Å². The zero-order valence-corrected chi connectivity index (χ0v) is 12.2. The number of allylic oxidation sites excluding steroid dienone is 1.